The number of rotatable bonds is 6. The second-order valence-electron chi connectivity index (χ2n) is 14.0. The van der Waals surface area contributed by atoms with Crippen LogP contribution in [0.15, 0.2) is 209 Å². The fraction of sp³-hybridized carbons (Fsp3) is 0. The molecule has 0 amide bonds. The molecule has 0 aliphatic rings. The van der Waals surface area contributed by atoms with Gasteiger partial charge >= 0.3 is 0 Å². The van der Waals surface area contributed by atoms with E-state index in [2.05, 4.69) is 193 Å². The molecule has 0 spiro atoms. The number of nitrogens with zero attached hydrogens (tertiary/aromatic N) is 1. The van der Waals surface area contributed by atoms with E-state index < -0.39 is 0 Å². The summed E-state index contributed by atoms with van der Waals surface area (Å²) < 4.78 is 13.1. The molecule has 3 heteroatoms. The summed E-state index contributed by atoms with van der Waals surface area (Å²) in [6.07, 6.45) is 0. The van der Waals surface area contributed by atoms with E-state index in [-0.39, 0.29) is 0 Å². The molecular formula is C52H33NO2. The molecule has 0 N–H and O–H groups in total. The van der Waals surface area contributed by atoms with Gasteiger partial charge in [0.2, 0.25) is 0 Å². The quantitative estimate of drug-likeness (QED) is 0.173. The normalized spacial score (nSPS) is 11.6. The molecule has 0 aliphatic heterocycles. The zero-order valence-electron chi connectivity index (χ0n) is 29.8. The highest BCUT2D eigenvalue weighted by atomic mass is 16.3. The number of furan rings is 2. The second-order valence-corrected chi connectivity index (χ2v) is 14.0. The van der Waals surface area contributed by atoms with Crippen molar-refractivity contribution in [1.82, 2.24) is 0 Å². The Balaban J connectivity index is 1.10. The number of hydrogen-bond donors (Lipinski definition) is 0. The first-order valence-corrected chi connectivity index (χ1v) is 18.7. The Bertz CT molecular complexity index is 3190. The standard InChI is InChI=1S/C52H33NO2/c1-3-13-34(14-4-1)35-25-27-38(28-26-35)53(47-31-29-40(36-15-5-2-6-16-36)42-19-7-8-20-43(42)47)39-18-11-17-37(33-39)41-22-12-23-44-45-30-32-49-50(52(45)55-51(41)44)46-21-9-10-24-48(46)54-49/h1-33H. The van der Waals surface area contributed by atoms with E-state index in [1.165, 1.54) is 33.0 Å². The summed E-state index contributed by atoms with van der Waals surface area (Å²) >= 11 is 0. The first kappa shape index (κ1) is 31.2. The minimum absolute atomic E-state index is 0.829. The van der Waals surface area contributed by atoms with Crippen molar-refractivity contribution >= 4 is 71.7 Å². The van der Waals surface area contributed by atoms with E-state index in [9.17, 15) is 0 Å². The summed E-state index contributed by atoms with van der Waals surface area (Å²) in [5.41, 5.74) is 13.5. The third kappa shape index (κ3) is 5.13. The Hall–Kier alpha value is -7.36. The lowest BCUT2D eigenvalue weighted by molar-refractivity contribution is 0.663. The van der Waals surface area contributed by atoms with Gasteiger partial charge in [-0.2, -0.15) is 0 Å². The predicted molar refractivity (Wildman–Crippen MR) is 229 cm³/mol. The Labute approximate surface area is 317 Å². The highest BCUT2D eigenvalue weighted by Crippen LogP contribution is 2.45. The van der Waals surface area contributed by atoms with Crippen LogP contribution in [0.4, 0.5) is 17.1 Å². The van der Waals surface area contributed by atoms with Crippen molar-refractivity contribution in [3.05, 3.63) is 200 Å². The molecule has 0 saturated carbocycles. The topological polar surface area (TPSA) is 29.5 Å². The zero-order chi connectivity index (χ0) is 36.3. The Morgan fingerprint density at radius 1 is 0.309 bits per heavy atom. The summed E-state index contributed by atoms with van der Waals surface area (Å²) in [4.78, 5) is 2.38. The fourth-order valence-corrected chi connectivity index (χ4v) is 8.31. The maximum absolute atomic E-state index is 6.88. The molecule has 2 aromatic heterocycles. The van der Waals surface area contributed by atoms with Crippen molar-refractivity contribution in [2.75, 3.05) is 4.90 Å². The van der Waals surface area contributed by atoms with Crippen LogP contribution >= 0.6 is 0 Å². The molecule has 9 aromatic carbocycles. The van der Waals surface area contributed by atoms with Crippen molar-refractivity contribution in [3.8, 4) is 33.4 Å². The van der Waals surface area contributed by atoms with E-state index in [4.69, 9.17) is 8.83 Å². The van der Waals surface area contributed by atoms with Gasteiger partial charge in [-0.15, -0.1) is 0 Å². The Morgan fingerprint density at radius 3 is 1.76 bits per heavy atom. The summed E-state index contributed by atoms with van der Waals surface area (Å²) in [6, 6.07) is 71.0. The van der Waals surface area contributed by atoms with Gasteiger partial charge in [0, 0.05) is 38.5 Å². The highest BCUT2D eigenvalue weighted by molar-refractivity contribution is 6.23. The first-order chi connectivity index (χ1) is 27.3. The summed E-state index contributed by atoms with van der Waals surface area (Å²) in [5, 5.41) is 6.62. The largest absolute Gasteiger partial charge is 0.456 e. The van der Waals surface area contributed by atoms with Gasteiger partial charge in [0.05, 0.1) is 11.1 Å². The number of fused-ring (bicyclic) bond motifs is 8. The Kier molecular flexibility index (Phi) is 7.17. The molecule has 55 heavy (non-hydrogen) atoms. The zero-order valence-corrected chi connectivity index (χ0v) is 29.8. The molecule has 2 heterocycles. The lowest BCUT2D eigenvalue weighted by Gasteiger charge is -2.28. The van der Waals surface area contributed by atoms with Gasteiger partial charge in [0.25, 0.3) is 0 Å². The van der Waals surface area contributed by atoms with E-state index in [1.807, 2.05) is 12.1 Å². The Morgan fingerprint density at radius 2 is 0.945 bits per heavy atom. The monoisotopic (exact) mass is 703 g/mol. The molecular weight excluding hydrogens is 671 g/mol. The van der Waals surface area contributed by atoms with Crippen LogP contribution in [-0.4, -0.2) is 0 Å². The van der Waals surface area contributed by atoms with E-state index in [1.54, 1.807) is 0 Å². The predicted octanol–water partition coefficient (Wildman–Crippen LogP) is 15.1. The average Bonchev–Trinajstić information content (AvgIpc) is 3.83. The van der Waals surface area contributed by atoms with Crippen molar-refractivity contribution in [3.63, 3.8) is 0 Å². The smallest absolute Gasteiger partial charge is 0.147 e. The lowest BCUT2D eigenvalue weighted by atomic mass is 9.96. The molecule has 0 atom stereocenters. The first-order valence-electron chi connectivity index (χ1n) is 18.7. The van der Waals surface area contributed by atoms with Crippen molar-refractivity contribution < 1.29 is 8.83 Å². The molecule has 11 rings (SSSR count). The summed E-state index contributed by atoms with van der Waals surface area (Å²) in [6.45, 7) is 0. The molecule has 0 radical (unpaired) electrons. The molecule has 3 nitrogen and oxygen atoms in total. The van der Waals surface area contributed by atoms with E-state index in [0.29, 0.717) is 0 Å². The van der Waals surface area contributed by atoms with Crippen molar-refractivity contribution in [1.29, 1.82) is 0 Å². The molecule has 0 aliphatic carbocycles. The number of anilines is 3. The fourth-order valence-electron chi connectivity index (χ4n) is 8.31. The SMILES string of the molecule is c1ccc(-c2ccc(N(c3cccc(-c4cccc5c4oc4c5ccc5oc6ccccc6c54)c3)c3ccc(-c4ccccc4)c4ccccc34)cc2)cc1. The maximum Gasteiger partial charge on any atom is 0.147 e. The van der Waals surface area contributed by atoms with Gasteiger partial charge in [-0.1, -0.05) is 152 Å². The van der Waals surface area contributed by atoms with E-state index in [0.717, 1.165) is 72.1 Å². The molecule has 0 fully saturated rings. The van der Waals surface area contributed by atoms with Gasteiger partial charge in [-0.3, -0.25) is 0 Å². The highest BCUT2D eigenvalue weighted by Gasteiger charge is 2.21. The maximum atomic E-state index is 6.88. The minimum atomic E-state index is 0.829. The van der Waals surface area contributed by atoms with Crippen LogP contribution in [0, 0.1) is 0 Å². The number of para-hydroxylation sites is 2. The lowest BCUT2D eigenvalue weighted by Crippen LogP contribution is -2.10. The van der Waals surface area contributed by atoms with E-state index >= 15 is 0 Å². The molecule has 11 aromatic rings. The average molecular weight is 704 g/mol. The van der Waals surface area contributed by atoms with Gasteiger partial charge in [-0.25, -0.2) is 0 Å². The minimum Gasteiger partial charge on any atom is -0.456 e. The van der Waals surface area contributed by atoms with Crippen LogP contribution in [-0.2, 0) is 0 Å². The summed E-state index contributed by atoms with van der Waals surface area (Å²) in [5.74, 6) is 0. The van der Waals surface area contributed by atoms with Crippen LogP contribution in [0.2, 0.25) is 0 Å². The number of benzene rings is 9. The van der Waals surface area contributed by atoms with Crippen molar-refractivity contribution in [2.45, 2.75) is 0 Å². The molecule has 0 bridgehead atoms. The second kappa shape index (κ2) is 12.6. The van der Waals surface area contributed by atoms with Crippen LogP contribution in [0.25, 0.3) is 88.0 Å². The number of hydrogen-bond acceptors (Lipinski definition) is 3. The third-order valence-electron chi connectivity index (χ3n) is 10.9. The van der Waals surface area contributed by atoms with Crippen LogP contribution in [0.5, 0.6) is 0 Å². The van der Waals surface area contributed by atoms with Crippen LogP contribution in [0.3, 0.4) is 0 Å². The third-order valence-corrected chi connectivity index (χ3v) is 10.9. The molecule has 0 saturated heterocycles. The van der Waals surface area contributed by atoms with Gasteiger partial charge in [0.1, 0.15) is 22.3 Å². The van der Waals surface area contributed by atoms with Crippen molar-refractivity contribution in [2.24, 2.45) is 0 Å². The molecule has 0 unspecified atom stereocenters. The van der Waals surface area contributed by atoms with Gasteiger partial charge < -0.3 is 13.7 Å². The molecule has 258 valence electrons. The van der Waals surface area contributed by atoms with Crippen LogP contribution < -0.4 is 4.90 Å². The van der Waals surface area contributed by atoms with Gasteiger partial charge in [0.15, 0.2) is 0 Å². The summed E-state index contributed by atoms with van der Waals surface area (Å²) in [7, 11) is 0. The van der Waals surface area contributed by atoms with Crippen LogP contribution in [0.1, 0.15) is 0 Å². The van der Waals surface area contributed by atoms with Gasteiger partial charge in [-0.05, 0) is 81.7 Å².